The summed E-state index contributed by atoms with van der Waals surface area (Å²) in [6.07, 6.45) is -4.65. The molecule has 0 aliphatic carbocycles. The molecule has 0 spiro atoms. The molecular weight excluding hydrogens is 488 g/mol. The summed E-state index contributed by atoms with van der Waals surface area (Å²) in [5.41, 5.74) is 0.131. The Kier molecular flexibility index (Phi) is 6.16. The van der Waals surface area contributed by atoms with Gasteiger partial charge >= 0.3 is 6.18 Å². The molecule has 1 atom stereocenters. The molecule has 1 aliphatic heterocycles. The van der Waals surface area contributed by atoms with Crippen molar-refractivity contribution in [1.82, 2.24) is 15.1 Å². The van der Waals surface area contributed by atoms with E-state index in [1.165, 1.54) is 12.1 Å². The Balaban J connectivity index is 1.81. The number of halogens is 5. The average Bonchev–Trinajstić information content (AvgIpc) is 3.19. The molecule has 34 heavy (non-hydrogen) atoms. The van der Waals surface area contributed by atoms with Crippen molar-refractivity contribution in [3.05, 3.63) is 92.7 Å². The molecule has 1 aromatic heterocycles. The second-order valence-electron chi connectivity index (χ2n) is 8.54. The lowest BCUT2D eigenvalue weighted by Crippen LogP contribution is -2.44. The summed E-state index contributed by atoms with van der Waals surface area (Å²) in [5, 5.41) is 10.2. The number of nitrogens with one attached hydrogen (secondary N) is 2. The van der Waals surface area contributed by atoms with E-state index in [9.17, 15) is 18.0 Å². The summed E-state index contributed by atoms with van der Waals surface area (Å²) in [6.45, 7) is 5.34. The molecule has 5 nitrogen and oxygen atoms in total. The Labute approximate surface area is 204 Å². The minimum absolute atomic E-state index is 0.111. The predicted octanol–water partition coefficient (Wildman–Crippen LogP) is 6.55. The molecule has 0 bridgehead atoms. The Hall–Kier alpha value is -2.97. The number of alkyl halides is 3. The zero-order valence-corrected chi connectivity index (χ0v) is 20.0. The quantitative estimate of drug-likeness (QED) is 0.420. The standard InChI is InChI=1S/C24H21Cl2F3N4O/c1-13-20(22(34)31-23(2,3)15-7-5-4-6-8-15)21(14-9-10-16(25)17(26)11-14)33-19(30-13)12-18(32-33)24(27,28)29/h4-12,21,30H,1-3H3,(H,31,34). The number of carbonyl (C=O) groups excluding carboxylic acids is 1. The van der Waals surface area contributed by atoms with Crippen molar-refractivity contribution in [3.8, 4) is 0 Å². The van der Waals surface area contributed by atoms with Gasteiger partial charge in [-0.2, -0.15) is 18.3 Å². The molecule has 1 aliphatic rings. The predicted molar refractivity (Wildman–Crippen MR) is 126 cm³/mol. The minimum atomic E-state index is -4.65. The number of carbonyl (C=O) groups is 1. The lowest BCUT2D eigenvalue weighted by atomic mass is 9.91. The van der Waals surface area contributed by atoms with Gasteiger partial charge in [-0.25, -0.2) is 4.68 Å². The van der Waals surface area contributed by atoms with E-state index < -0.39 is 29.4 Å². The number of hydrogen-bond donors (Lipinski definition) is 2. The molecular formula is C24H21Cl2F3N4O. The molecule has 2 N–H and O–H groups in total. The largest absolute Gasteiger partial charge is 0.435 e. The number of nitrogens with zero attached hydrogens (tertiary/aromatic N) is 2. The first-order valence-electron chi connectivity index (χ1n) is 10.4. The van der Waals surface area contributed by atoms with Crippen LogP contribution >= 0.6 is 23.2 Å². The van der Waals surface area contributed by atoms with Crippen LogP contribution in [0.4, 0.5) is 19.0 Å². The third-order valence-electron chi connectivity index (χ3n) is 5.69. The van der Waals surface area contributed by atoms with E-state index in [0.29, 0.717) is 11.3 Å². The monoisotopic (exact) mass is 508 g/mol. The molecule has 0 fully saturated rings. The van der Waals surface area contributed by atoms with Crippen molar-refractivity contribution in [1.29, 1.82) is 0 Å². The zero-order chi connectivity index (χ0) is 24.8. The van der Waals surface area contributed by atoms with Gasteiger partial charge in [0.25, 0.3) is 5.91 Å². The van der Waals surface area contributed by atoms with Crippen LogP contribution in [0.5, 0.6) is 0 Å². The molecule has 0 radical (unpaired) electrons. The highest BCUT2D eigenvalue weighted by molar-refractivity contribution is 6.42. The third-order valence-corrected chi connectivity index (χ3v) is 6.43. The van der Waals surface area contributed by atoms with Gasteiger partial charge in [0.2, 0.25) is 0 Å². The number of hydrogen-bond acceptors (Lipinski definition) is 3. The van der Waals surface area contributed by atoms with Crippen molar-refractivity contribution in [2.24, 2.45) is 0 Å². The van der Waals surface area contributed by atoms with Gasteiger partial charge in [0.05, 0.1) is 21.2 Å². The fraction of sp³-hybridized carbons (Fsp3) is 0.250. The molecule has 10 heteroatoms. The highest BCUT2D eigenvalue weighted by Crippen LogP contribution is 2.41. The van der Waals surface area contributed by atoms with E-state index in [-0.39, 0.29) is 21.4 Å². The van der Waals surface area contributed by atoms with E-state index in [4.69, 9.17) is 23.2 Å². The van der Waals surface area contributed by atoms with Crippen LogP contribution < -0.4 is 10.6 Å². The van der Waals surface area contributed by atoms with Crippen molar-refractivity contribution in [3.63, 3.8) is 0 Å². The molecule has 4 rings (SSSR count). The van der Waals surface area contributed by atoms with Gasteiger partial charge < -0.3 is 10.6 Å². The van der Waals surface area contributed by atoms with E-state index in [1.54, 1.807) is 13.0 Å². The highest BCUT2D eigenvalue weighted by Gasteiger charge is 2.40. The van der Waals surface area contributed by atoms with Gasteiger partial charge in [-0.1, -0.05) is 59.6 Å². The van der Waals surface area contributed by atoms with Gasteiger partial charge in [-0.15, -0.1) is 0 Å². The van der Waals surface area contributed by atoms with Crippen LogP contribution in [0.2, 0.25) is 10.0 Å². The van der Waals surface area contributed by atoms with E-state index in [1.807, 2.05) is 44.2 Å². The van der Waals surface area contributed by atoms with Gasteiger partial charge in [0.15, 0.2) is 5.69 Å². The van der Waals surface area contributed by atoms with Crippen LogP contribution in [0.1, 0.15) is 43.6 Å². The maximum absolute atomic E-state index is 13.6. The van der Waals surface area contributed by atoms with Crippen LogP contribution in [-0.4, -0.2) is 15.7 Å². The zero-order valence-electron chi connectivity index (χ0n) is 18.5. The summed E-state index contributed by atoms with van der Waals surface area (Å²) in [5.74, 6) is -0.343. The molecule has 2 aromatic carbocycles. The topological polar surface area (TPSA) is 59.0 Å². The summed E-state index contributed by atoms with van der Waals surface area (Å²) in [6, 6.07) is 14.0. The Bertz CT molecular complexity index is 1280. The van der Waals surface area contributed by atoms with Crippen LogP contribution in [0.3, 0.4) is 0 Å². The average molecular weight is 509 g/mol. The van der Waals surface area contributed by atoms with Gasteiger partial charge in [0, 0.05) is 11.8 Å². The number of allylic oxidation sites excluding steroid dienone is 1. The lowest BCUT2D eigenvalue weighted by Gasteiger charge is -2.33. The smallest absolute Gasteiger partial charge is 0.344 e. The molecule has 0 saturated heterocycles. The maximum Gasteiger partial charge on any atom is 0.435 e. The second-order valence-corrected chi connectivity index (χ2v) is 9.36. The summed E-state index contributed by atoms with van der Waals surface area (Å²) in [4.78, 5) is 13.6. The number of benzene rings is 2. The van der Waals surface area contributed by atoms with Crippen molar-refractivity contribution in [2.45, 2.75) is 38.5 Å². The molecule has 3 aromatic rings. The number of anilines is 1. The van der Waals surface area contributed by atoms with Crippen LogP contribution in [0.15, 0.2) is 65.9 Å². The fourth-order valence-corrected chi connectivity index (χ4v) is 4.28. The summed E-state index contributed by atoms with van der Waals surface area (Å²) in [7, 11) is 0. The SMILES string of the molecule is CC1=C(C(=O)NC(C)(C)c2ccccc2)C(c2ccc(Cl)c(Cl)c2)n2nc(C(F)(F)F)cc2N1. The maximum atomic E-state index is 13.6. The molecule has 1 amide bonds. The first-order valence-corrected chi connectivity index (χ1v) is 11.1. The normalized spacial score (nSPS) is 16.2. The number of fused-ring (bicyclic) bond motifs is 1. The van der Waals surface area contributed by atoms with Crippen molar-refractivity contribution in [2.75, 3.05) is 5.32 Å². The highest BCUT2D eigenvalue weighted by atomic mass is 35.5. The number of aromatic nitrogens is 2. The summed E-state index contributed by atoms with van der Waals surface area (Å²) >= 11 is 12.3. The second kappa shape index (κ2) is 8.67. The van der Waals surface area contributed by atoms with Crippen LogP contribution in [0.25, 0.3) is 0 Å². The first-order chi connectivity index (χ1) is 15.9. The minimum Gasteiger partial charge on any atom is -0.344 e. The molecule has 0 saturated carbocycles. The number of amides is 1. The van der Waals surface area contributed by atoms with E-state index in [0.717, 1.165) is 16.3 Å². The van der Waals surface area contributed by atoms with Gasteiger partial charge in [0.1, 0.15) is 11.9 Å². The van der Waals surface area contributed by atoms with Gasteiger partial charge in [-0.05, 0) is 44.0 Å². The van der Waals surface area contributed by atoms with Crippen LogP contribution in [-0.2, 0) is 16.5 Å². The van der Waals surface area contributed by atoms with Crippen LogP contribution in [0, 0.1) is 0 Å². The Morgan fingerprint density at radius 2 is 1.74 bits per heavy atom. The molecule has 1 unspecified atom stereocenters. The lowest BCUT2D eigenvalue weighted by molar-refractivity contribution is -0.141. The third kappa shape index (κ3) is 4.52. The van der Waals surface area contributed by atoms with Gasteiger partial charge in [-0.3, -0.25) is 4.79 Å². The number of rotatable bonds is 4. The van der Waals surface area contributed by atoms with E-state index in [2.05, 4.69) is 15.7 Å². The molecule has 2 heterocycles. The van der Waals surface area contributed by atoms with Crippen molar-refractivity contribution >= 4 is 34.9 Å². The fourth-order valence-electron chi connectivity index (χ4n) is 3.97. The van der Waals surface area contributed by atoms with E-state index >= 15 is 0 Å². The summed E-state index contributed by atoms with van der Waals surface area (Å²) < 4.78 is 41.5. The Morgan fingerprint density at radius 3 is 2.35 bits per heavy atom. The molecule has 178 valence electrons. The Morgan fingerprint density at radius 1 is 1.06 bits per heavy atom. The van der Waals surface area contributed by atoms with Crippen molar-refractivity contribution < 1.29 is 18.0 Å². The first kappa shape index (κ1) is 24.2.